The average molecular weight is 298 g/mol. The van der Waals surface area contributed by atoms with E-state index in [1.165, 1.54) is 30.4 Å². The highest BCUT2D eigenvalue weighted by atomic mass is 35.5. The zero-order valence-electron chi connectivity index (χ0n) is 12.2. The van der Waals surface area contributed by atoms with Gasteiger partial charge in [-0.1, -0.05) is 48.0 Å². The van der Waals surface area contributed by atoms with Gasteiger partial charge in [-0.25, -0.2) is 0 Å². The van der Waals surface area contributed by atoms with E-state index in [9.17, 15) is 0 Å². The number of benzene rings is 2. The third-order valence-electron chi connectivity index (χ3n) is 5.08. The molecular weight excluding hydrogens is 278 g/mol. The summed E-state index contributed by atoms with van der Waals surface area (Å²) in [6, 6.07) is 15.4. The molecule has 1 aliphatic carbocycles. The van der Waals surface area contributed by atoms with Crippen LogP contribution in [0.2, 0.25) is 5.02 Å². The summed E-state index contributed by atoms with van der Waals surface area (Å²) in [7, 11) is 0. The van der Waals surface area contributed by atoms with E-state index in [4.69, 9.17) is 11.6 Å². The molecule has 1 heterocycles. The van der Waals surface area contributed by atoms with Crippen molar-refractivity contribution in [2.24, 2.45) is 0 Å². The molecule has 1 N–H and O–H groups in total. The fourth-order valence-corrected chi connectivity index (χ4v) is 4.19. The van der Waals surface area contributed by atoms with Crippen LogP contribution < -0.4 is 5.32 Å². The molecule has 21 heavy (non-hydrogen) atoms. The number of fused-ring (bicyclic) bond motifs is 1. The summed E-state index contributed by atoms with van der Waals surface area (Å²) in [6.45, 7) is 2.04. The molecule has 0 bridgehead atoms. The van der Waals surface area contributed by atoms with E-state index in [1.54, 1.807) is 11.1 Å². The molecule has 0 spiro atoms. The molecule has 0 saturated carbocycles. The number of aryl methyl sites for hydroxylation is 2. The molecule has 2 aromatic rings. The number of halogens is 1. The summed E-state index contributed by atoms with van der Waals surface area (Å²) in [5.74, 6) is 0. The predicted octanol–water partition coefficient (Wildman–Crippen LogP) is 3.91. The van der Waals surface area contributed by atoms with Crippen LogP contribution in [0.3, 0.4) is 0 Å². The third-order valence-corrected chi connectivity index (χ3v) is 5.41. The summed E-state index contributed by atoms with van der Waals surface area (Å²) in [5, 5.41) is 4.34. The largest absolute Gasteiger partial charge is 0.315 e. The Bertz CT molecular complexity index is 673. The summed E-state index contributed by atoms with van der Waals surface area (Å²) in [6.07, 6.45) is 4.90. The van der Waals surface area contributed by atoms with Crippen molar-refractivity contribution in [3.8, 4) is 0 Å². The average Bonchev–Trinajstić information content (AvgIpc) is 2.91. The second-order valence-corrected chi connectivity index (χ2v) is 6.90. The van der Waals surface area contributed by atoms with E-state index in [1.807, 2.05) is 12.1 Å². The molecule has 0 amide bonds. The number of hydrogen-bond acceptors (Lipinski definition) is 1. The van der Waals surface area contributed by atoms with Crippen molar-refractivity contribution in [3.63, 3.8) is 0 Å². The Labute approximate surface area is 131 Å². The van der Waals surface area contributed by atoms with E-state index in [2.05, 4.69) is 35.6 Å². The van der Waals surface area contributed by atoms with Crippen LogP contribution in [0.25, 0.3) is 0 Å². The number of rotatable bonds is 3. The normalized spacial score (nSPS) is 19.1. The fraction of sp³-hybridized carbons (Fsp3) is 0.368. The SMILES string of the molecule is Clc1ccccc1C1(Cc2ccc3c(c2)CCC3)CNC1. The Hall–Kier alpha value is -1.31. The molecule has 1 aliphatic heterocycles. The number of nitrogens with one attached hydrogen (secondary N) is 1. The summed E-state index contributed by atoms with van der Waals surface area (Å²) >= 11 is 6.45. The Balaban J connectivity index is 1.67. The van der Waals surface area contributed by atoms with Crippen molar-refractivity contribution in [3.05, 3.63) is 69.7 Å². The highest BCUT2D eigenvalue weighted by Crippen LogP contribution is 2.37. The molecule has 1 saturated heterocycles. The van der Waals surface area contributed by atoms with Crippen molar-refractivity contribution in [2.45, 2.75) is 31.1 Å². The minimum atomic E-state index is 0.172. The quantitative estimate of drug-likeness (QED) is 0.906. The van der Waals surface area contributed by atoms with Crippen LogP contribution in [-0.2, 0) is 24.7 Å². The summed E-state index contributed by atoms with van der Waals surface area (Å²) < 4.78 is 0. The maximum Gasteiger partial charge on any atom is 0.0444 e. The van der Waals surface area contributed by atoms with Gasteiger partial charge in [0.1, 0.15) is 0 Å². The topological polar surface area (TPSA) is 12.0 Å². The second kappa shape index (κ2) is 5.15. The van der Waals surface area contributed by atoms with Crippen LogP contribution in [0.5, 0.6) is 0 Å². The van der Waals surface area contributed by atoms with Gasteiger partial charge >= 0.3 is 0 Å². The first-order valence-electron chi connectivity index (χ1n) is 7.83. The van der Waals surface area contributed by atoms with Gasteiger partial charge in [0, 0.05) is 23.5 Å². The molecule has 1 nitrogen and oxygen atoms in total. The molecule has 1 fully saturated rings. The molecule has 108 valence electrons. The van der Waals surface area contributed by atoms with Crippen molar-refractivity contribution < 1.29 is 0 Å². The molecule has 4 rings (SSSR count). The highest BCUT2D eigenvalue weighted by molar-refractivity contribution is 6.31. The van der Waals surface area contributed by atoms with Crippen molar-refractivity contribution >= 4 is 11.6 Å². The first-order chi connectivity index (χ1) is 10.3. The third kappa shape index (κ3) is 2.29. The minimum absolute atomic E-state index is 0.172. The lowest BCUT2D eigenvalue weighted by Crippen LogP contribution is -2.58. The molecule has 0 aromatic heterocycles. The van der Waals surface area contributed by atoms with E-state index < -0.39 is 0 Å². The lowest BCUT2D eigenvalue weighted by Gasteiger charge is -2.44. The number of hydrogen-bond donors (Lipinski definition) is 1. The molecule has 0 atom stereocenters. The molecular formula is C19H20ClN. The first kappa shape index (κ1) is 13.4. The van der Waals surface area contributed by atoms with Crippen LogP contribution in [-0.4, -0.2) is 13.1 Å². The van der Waals surface area contributed by atoms with Crippen LogP contribution in [0.15, 0.2) is 42.5 Å². The lowest BCUT2D eigenvalue weighted by molar-refractivity contribution is 0.275. The highest BCUT2D eigenvalue weighted by Gasteiger charge is 2.40. The first-order valence-corrected chi connectivity index (χ1v) is 8.21. The van der Waals surface area contributed by atoms with Gasteiger partial charge < -0.3 is 5.32 Å². The Kier molecular flexibility index (Phi) is 3.28. The van der Waals surface area contributed by atoms with Crippen LogP contribution >= 0.6 is 11.6 Å². The summed E-state index contributed by atoms with van der Waals surface area (Å²) in [5.41, 5.74) is 6.04. The van der Waals surface area contributed by atoms with Crippen molar-refractivity contribution in [2.75, 3.05) is 13.1 Å². The fourth-order valence-electron chi connectivity index (χ4n) is 3.85. The smallest absolute Gasteiger partial charge is 0.0444 e. The van der Waals surface area contributed by atoms with Crippen molar-refractivity contribution in [1.82, 2.24) is 5.32 Å². The van der Waals surface area contributed by atoms with Gasteiger partial charge in [0.05, 0.1) is 0 Å². The predicted molar refractivity (Wildman–Crippen MR) is 88.2 cm³/mol. The van der Waals surface area contributed by atoms with E-state index in [0.717, 1.165) is 24.5 Å². The van der Waals surface area contributed by atoms with Gasteiger partial charge in [-0.2, -0.15) is 0 Å². The maximum atomic E-state index is 6.45. The Morgan fingerprint density at radius 2 is 1.81 bits per heavy atom. The van der Waals surface area contributed by atoms with Crippen LogP contribution in [0.1, 0.15) is 28.7 Å². The lowest BCUT2D eigenvalue weighted by atomic mass is 9.71. The molecule has 2 heteroatoms. The van der Waals surface area contributed by atoms with Gasteiger partial charge in [0.25, 0.3) is 0 Å². The van der Waals surface area contributed by atoms with Gasteiger partial charge in [-0.05, 0) is 54.0 Å². The van der Waals surface area contributed by atoms with Gasteiger partial charge in [-0.3, -0.25) is 0 Å². The molecule has 2 aliphatic rings. The molecule has 2 aromatic carbocycles. The van der Waals surface area contributed by atoms with Gasteiger partial charge in [-0.15, -0.1) is 0 Å². The Morgan fingerprint density at radius 3 is 2.57 bits per heavy atom. The molecule has 0 radical (unpaired) electrons. The zero-order valence-corrected chi connectivity index (χ0v) is 12.9. The van der Waals surface area contributed by atoms with Crippen LogP contribution in [0.4, 0.5) is 0 Å². The monoisotopic (exact) mass is 297 g/mol. The minimum Gasteiger partial charge on any atom is -0.315 e. The van der Waals surface area contributed by atoms with E-state index in [-0.39, 0.29) is 5.41 Å². The van der Waals surface area contributed by atoms with Crippen molar-refractivity contribution in [1.29, 1.82) is 0 Å². The Morgan fingerprint density at radius 1 is 1.00 bits per heavy atom. The van der Waals surface area contributed by atoms with E-state index in [0.29, 0.717) is 0 Å². The maximum absolute atomic E-state index is 6.45. The summed E-state index contributed by atoms with van der Waals surface area (Å²) in [4.78, 5) is 0. The van der Waals surface area contributed by atoms with Gasteiger partial charge in [0.15, 0.2) is 0 Å². The second-order valence-electron chi connectivity index (χ2n) is 6.50. The van der Waals surface area contributed by atoms with E-state index >= 15 is 0 Å². The molecule has 0 unspecified atom stereocenters. The van der Waals surface area contributed by atoms with Crippen LogP contribution in [0, 0.1) is 0 Å². The zero-order chi connectivity index (χ0) is 14.3. The standard InChI is InChI=1S/C19H20ClN/c20-18-7-2-1-6-17(18)19(12-21-13-19)11-14-8-9-15-4-3-5-16(15)10-14/h1-2,6-10,21H,3-5,11-13H2. The van der Waals surface area contributed by atoms with Gasteiger partial charge in [0.2, 0.25) is 0 Å².